The van der Waals surface area contributed by atoms with Crippen LogP contribution in [-0.4, -0.2) is 20.0 Å². The van der Waals surface area contributed by atoms with Crippen molar-refractivity contribution < 1.29 is 14.3 Å². The van der Waals surface area contributed by atoms with Gasteiger partial charge in [-0.2, -0.15) is 0 Å². The molecule has 2 aromatic rings. The lowest BCUT2D eigenvalue weighted by Gasteiger charge is -2.08. The Hall–Kier alpha value is -1.04. The number of carbonyl (C=O) groups excluding carboxylic acids is 1. The van der Waals surface area contributed by atoms with Crippen LogP contribution in [0.15, 0.2) is 28.7 Å². The van der Waals surface area contributed by atoms with Gasteiger partial charge in [0.25, 0.3) is 0 Å². The normalized spacial score (nSPS) is 10.3. The molecular formula is C13H10BrClO3S. The molecule has 1 aromatic carbocycles. The summed E-state index contributed by atoms with van der Waals surface area (Å²) in [7, 11) is 3.08. The van der Waals surface area contributed by atoms with Crippen LogP contribution in [0.3, 0.4) is 0 Å². The van der Waals surface area contributed by atoms with E-state index in [1.807, 2.05) is 0 Å². The van der Waals surface area contributed by atoms with Gasteiger partial charge in [0, 0.05) is 10.5 Å². The van der Waals surface area contributed by atoms with Gasteiger partial charge < -0.3 is 9.47 Å². The lowest BCUT2D eigenvalue weighted by Crippen LogP contribution is -2.02. The predicted molar refractivity (Wildman–Crippen MR) is 80.0 cm³/mol. The fourth-order valence-electron chi connectivity index (χ4n) is 1.58. The number of benzene rings is 1. The largest absolute Gasteiger partial charge is 0.497 e. The van der Waals surface area contributed by atoms with Crippen LogP contribution in [0.4, 0.5) is 0 Å². The SMILES string of the molecule is COc1ccc(C(=O)c2cc(Br)c(Cl)s2)c(OC)c1. The van der Waals surface area contributed by atoms with Crippen molar-refractivity contribution in [3.05, 3.63) is 43.5 Å². The molecule has 0 bridgehead atoms. The van der Waals surface area contributed by atoms with Crippen molar-refractivity contribution in [2.24, 2.45) is 0 Å². The van der Waals surface area contributed by atoms with Crippen molar-refractivity contribution in [3.63, 3.8) is 0 Å². The first-order valence-electron chi connectivity index (χ1n) is 5.28. The van der Waals surface area contributed by atoms with Gasteiger partial charge in [-0.05, 0) is 34.1 Å². The van der Waals surface area contributed by atoms with E-state index in [0.29, 0.717) is 26.3 Å². The van der Waals surface area contributed by atoms with E-state index in [9.17, 15) is 4.79 Å². The van der Waals surface area contributed by atoms with Crippen molar-refractivity contribution in [1.29, 1.82) is 0 Å². The molecule has 100 valence electrons. The molecule has 0 amide bonds. The molecule has 0 atom stereocenters. The molecule has 0 saturated heterocycles. The minimum atomic E-state index is -0.128. The number of carbonyl (C=O) groups is 1. The molecule has 3 nitrogen and oxygen atoms in total. The standard InChI is InChI=1S/C13H10BrClO3S/c1-17-7-3-4-8(10(5-7)18-2)12(16)11-6-9(14)13(15)19-11/h3-6H,1-2H3. The summed E-state index contributed by atoms with van der Waals surface area (Å²) < 4.78 is 11.6. The van der Waals surface area contributed by atoms with Gasteiger partial charge in [-0.3, -0.25) is 4.79 Å². The van der Waals surface area contributed by atoms with Crippen molar-refractivity contribution in [2.45, 2.75) is 0 Å². The summed E-state index contributed by atoms with van der Waals surface area (Å²) in [5.74, 6) is 0.987. The molecular weight excluding hydrogens is 352 g/mol. The fourth-order valence-corrected chi connectivity index (χ4v) is 3.23. The first-order chi connectivity index (χ1) is 9.06. The highest BCUT2D eigenvalue weighted by atomic mass is 79.9. The van der Waals surface area contributed by atoms with Crippen LogP contribution in [0.5, 0.6) is 11.5 Å². The summed E-state index contributed by atoms with van der Waals surface area (Å²) in [5.41, 5.74) is 0.480. The van der Waals surface area contributed by atoms with Gasteiger partial charge in [0.2, 0.25) is 5.78 Å². The smallest absolute Gasteiger partial charge is 0.206 e. The molecule has 0 aliphatic rings. The Morgan fingerprint density at radius 3 is 2.53 bits per heavy atom. The zero-order valence-electron chi connectivity index (χ0n) is 10.2. The van der Waals surface area contributed by atoms with Gasteiger partial charge in [-0.25, -0.2) is 0 Å². The minimum absolute atomic E-state index is 0.128. The van der Waals surface area contributed by atoms with Gasteiger partial charge in [0.1, 0.15) is 15.8 Å². The van der Waals surface area contributed by atoms with Crippen molar-refractivity contribution in [3.8, 4) is 11.5 Å². The monoisotopic (exact) mass is 360 g/mol. The number of rotatable bonds is 4. The van der Waals surface area contributed by atoms with Crippen molar-refractivity contribution >= 4 is 44.7 Å². The van der Waals surface area contributed by atoms with Gasteiger partial charge in [0.15, 0.2) is 0 Å². The van der Waals surface area contributed by atoms with Crippen LogP contribution >= 0.6 is 38.9 Å². The number of ether oxygens (including phenoxy) is 2. The van der Waals surface area contributed by atoms with Crippen LogP contribution in [0.2, 0.25) is 4.34 Å². The zero-order valence-corrected chi connectivity index (χ0v) is 13.4. The number of hydrogen-bond donors (Lipinski definition) is 0. The molecule has 6 heteroatoms. The van der Waals surface area contributed by atoms with E-state index < -0.39 is 0 Å². The zero-order chi connectivity index (χ0) is 14.0. The Morgan fingerprint density at radius 2 is 2.00 bits per heavy atom. The summed E-state index contributed by atoms with van der Waals surface area (Å²) in [4.78, 5) is 13.0. The van der Waals surface area contributed by atoms with E-state index in [1.165, 1.54) is 18.4 Å². The second-order valence-electron chi connectivity index (χ2n) is 3.63. The summed E-state index contributed by atoms with van der Waals surface area (Å²) in [6, 6.07) is 6.79. The Kier molecular flexibility index (Phi) is 4.50. The summed E-state index contributed by atoms with van der Waals surface area (Å²) in [6.07, 6.45) is 0. The lowest BCUT2D eigenvalue weighted by molar-refractivity contribution is 0.103. The average molecular weight is 362 g/mol. The highest BCUT2D eigenvalue weighted by Crippen LogP contribution is 2.35. The average Bonchev–Trinajstić information content (AvgIpc) is 2.77. The van der Waals surface area contributed by atoms with E-state index in [1.54, 1.807) is 31.4 Å². The molecule has 0 aliphatic carbocycles. The molecule has 0 radical (unpaired) electrons. The minimum Gasteiger partial charge on any atom is -0.497 e. The number of methoxy groups -OCH3 is 2. The second kappa shape index (κ2) is 5.94. The first-order valence-corrected chi connectivity index (χ1v) is 7.27. The molecule has 0 aliphatic heterocycles. The highest BCUT2D eigenvalue weighted by Gasteiger charge is 2.18. The Labute approximate surface area is 128 Å². The molecule has 0 unspecified atom stereocenters. The Bertz CT molecular complexity index is 605. The fraction of sp³-hybridized carbons (Fsp3) is 0.154. The maximum absolute atomic E-state index is 12.4. The van der Waals surface area contributed by atoms with Crippen molar-refractivity contribution in [2.75, 3.05) is 14.2 Å². The predicted octanol–water partition coefficient (Wildman–Crippen LogP) is 4.41. The molecule has 1 aromatic heterocycles. The first kappa shape index (κ1) is 14.4. The second-order valence-corrected chi connectivity index (χ2v) is 6.14. The van der Waals surface area contributed by atoms with Crippen LogP contribution < -0.4 is 9.47 Å². The number of thiophene rings is 1. The van der Waals surface area contributed by atoms with Gasteiger partial charge in [-0.1, -0.05) is 11.6 Å². The third kappa shape index (κ3) is 2.94. The molecule has 0 spiro atoms. The number of hydrogen-bond acceptors (Lipinski definition) is 4. The maximum atomic E-state index is 12.4. The van der Waals surface area contributed by atoms with E-state index in [-0.39, 0.29) is 5.78 Å². The van der Waals surface area contributed by atoms with Gasteiger partial charge in [-0.15, -0.1) is 11.3 Å². The molecule has 0 N–H and O–H groups in total. The summed E-state index contributed by atoms with van der Waals surface area (Å²) in [6.45, 7) is 0. The van der Waals surface area contributed by atoms with E-state index >= 15 is 0 Å². The van der Waals surface area contributed by atoms with E-state index in [4.69, 9.17) is 21.1 Å². The topological polar surface area (TPSA) is 35.5 Å². The molecule has 1 heterocycles. The van der Waals surface area contributed by atoms with Gasteiger partial charge in [0.05, 0.1) is 24.7 Å². The third-order valence-electron chi connectivity index (χ3n) is 2.52. The van der Waals surface area contributed by atoms with Crippen LogP contribution in [0, 0.1) is 0 Å². The third-order valence-corrected chi connectivity index (χ3v) is 5.00. The maximum Gasteiger partial charge on any atom is 0.206 e. The van der Waals surface area contributed by atoms with E-state index in [0.717, 1.165) is 4.47 Å². The Balaban J connectivity index is 2.43. The summed E-state index contributed by atoms with van der Waals surface area (Å²) >= 11 is 10.5. The number of halogens is 2. The molecule has 2 rings (SSSR count). The Morgan fingerprint density at radius 1 is 1.26 bits per heavy atom. The van der Waals surface area contributed by atoms with Crippen LogP contribution in [0.25, 0.3) is 0 Å². The van der Waals surface area contributed by atoms with Crippen LogP contribution in [-0.2, 0) is 0 Å². The van der Waals surface area contributed by atoms with Crippen molar-refractivity contribution in [1.82, 2.24) is 0 Å². The lowest BCUT2D eigenvalue weighted by atomic mass is 10.1. The number of ketones is 1. The van der Waals surface area contributed by atoms with Gasteiger partial charge >= 0.3 is 0 Å². The summed E-state index contributed by atoms with van der Waals surface area (Å²) in [5, 5.41) is 0. The van der Waals surface area contributed by atoms with Crippen LogP contribution in [0.1, 0.15) is 15.2 Å². The quantitative estimate of drug-likeness (QED) is 0.757. The molecule has 0 fully saturated rings. The van der Waals surface area contributed by atoms with E-state index in [2.05, 4.69) is 15.9 Å². The molecule has 19 heavy (non-hydrogen) atoms. The highest BCUT2D eigenvalue weighted by molar-refractivity contribution is 9.10. The molecule has 0 saturated carbocycles.